The Hall–Kier alpha value is -0.160. The molecule has 0 aliphatic carbocycles. The van der Waals surface area contributed by atoms with Crippen LogP contribution in [0, 0.1) is 11.3 Å². The Balaban J connectivity index is 3.62. The first-order valence-corrected chi connectivity index (χ1v) is 6.76. The maximum absolute atomic E-state index is 9.75. The zero-order chi connectivity index (χ0) is 14.2. The maximum Gasteiger partial charge on any atom is 0.0897 e. The number of aliphatic hydroxyl groups is 1. The second-order valence-electron chi connectivity index (χ2n) is 6.18. The van der Waals surface area contributed by atoms with Gasteiger partial charge in [0.1, 0.15) is 0 Å². The third kappa shape index (κ3) is 8.86. The summed E-state index contributed by atoms with van der Waals surface area (Å²) in [5, 5.41) is 13.0. The average Bonchev–Trinajstić information content (AvgIpc) is 2.25. The monoisotopic (exact) mass is 261 g/mol. The van der Waals surface area contributed by atoms with Crippen LogP contribution in [-0.2, 0) is 9.47 Å². The fourth-order valence-electron chi connectivity index (χ4n) is 1.39. The zero-order valence-corrected chi connectivity index (χ0v) is 12.8. The van der Waals surface area contributed by atoms with Crippen molar-refractivity contribution in [2.45, 2.75) is 46.8 Å². The molecule has 0 amide bonds. The normalized spacial score (nSPS) is 17.5. The molecule has 0 rings (SSSR count). The topological polar surface area (TPSA) is 50.7 Å². The number of rotatable bonds is 9. The van der Waals surface area contributed by atoms with Gasteiger partial charge in [-0.15, -0.1) is 0 Å². The maximum atomic E-state index is 9.75. The Morgan fingerprint density at radius 2 is 1.72 bits per heavy atom. The highest BCUT2D eigenvalue weighted by Gasteiger charge is 2.19. The van der Waals surface area contributed by atoms with Crippen LogP contribution in [0.2, 0.25) is 0 Å². The molecule has 0 heterocycles. The van der Waals surface area contributed by atoms with Gasteiger partial charge in [0.15, 0.2) is 0 Å². The highest BCUT2D eigenvalue weighted by Crippen LogP contribution is 2.24. The molecular weight excluding hydrogens is 230 g/mol. The minimum atomic E-state index is -0.462. The molecule has 2 N–H and O–H groups in total. The summed E-state index contributed by atoms with van der Waals surface area (Å²) in [6.45, 7) is 13.2. The molecular formula is C14H31NO3. The molecule has 0 bridgehead atoms. The van der Waals surface area contributed by atoms with Gasteiger partial charge >= 0.3 is 0 Å². The molecule has 0 aromatic carbocycles. The summed E-state index contributed by atoms with van der Waals surface area (Å²) in [4.78, 5) is 0. The van der Waals surface area contributed by atoms with Crippen molar-refractivity contribution in [1.82, 2.24) is 5.32 Å². The third-order valence-corrected chi connectivity index (χ3v) is 3.28. The van der Waals surface area contributed by atoms with Crippen LogP contribution in [0.15, 0.2) is 0 Å². The van der Waals surface area contributed by atoms with E-state index in [-0.39, 0.29) is 6.10 Å². The average molecular weight is 261 g/mol. The molecule has 4 nitrogen and oxygen atoms in total. The molecule has 0 saturated heterocycles. The molecule has 0 aliphatic heterocycles. The van der Waals surface area contributed by atoms with Crippen molar-refractivity contribution in [3.63, 3.8) is 0 Å². The number of nitrogens with one attached hydrogen (secondary N) is 1. The van der Waals surface area contributed by atoms with Crippen molar-refractivity contribution in [2.75, 3.05) is 33.4 Å². The lowest BCUT2D eigenvalue weighted by Gasteiger charge is -2.28. The molecule has 3 atom stereocenters. The SMILES string of the molecule is COCC(C)OCC(O)CNCC(C)C(C)(C)C. The van der Waals surface area contributed by atoms with Gasteiger partial charge in [-0.05, 0) is 24.8 Å². The summed E-state index contributed by atoms with van der Waals surface area (Å²) in [6.07, 6.45) is -0.436. The van der Waals surface area contributed by atoms with Gasteiger partial charge in [0, 0.05) is 13.7 Å². The largest absolute Gasteiger partial charge is 0.389 e. The van der Waals surface area contributed by atoms with Gasteiger partial charge in [-0.25, -0.2) is 0 Å². The van der Waals surface area contributed by atoms with Crippen LogP contribution < -0.4 is 5.32 Å². The Morgan fingerprint density at radius 1 is 1.11 bits per heavy atom. The van der Waals surface area contributed by atoms with E-state index in [4.69, 9.17) is 9.47 Å². The van der Waals surface area contributed by atoms with Crippen LogP contribution >= 0.6 is 0 Å². The van der Waals surface area contributed by atoms with E-state index in [0.717, 1.165) is 6.54 Å². The third-order valence-electron chi connectivity index (χ3n) is 3.28. The molecule has 0 radical (unpaired) electrons. The van der Waals surface area contributed by atoms with Crippen molar-refractivity contribution >= 4 is 0 Å². The van der Waals surface area contributed by atoms with Crippen LogP contribution in [-0.4, -0.2) is 50.7 Å². The molecule has 0 saturated carbocycles. The molecule has 3 unspecified atom stereocenters. The summed E-state index contributed by atoms with van der Waals surface area (Å²) in [5.74, 6) is 0.568. The molecule has 0 aromatic rings. The second kappa shape index (κ2) is 8.86. The highest BCUT2D eigenvalue weighted by atomic mass is 16.5. The van der Waals surface area contributed by atoms with E-state index in [1.54, 1.807) is 7.11 Å². The molecule has 0 aromatic heterocycles. The Bertz CT molecular complexity index is 204. The fourth-order valence-corrected chi connectivity index (χ4v) is 1.39. The van der Waals surface area contributed by atoms with Gasteiger partial charge in [0.05, 0.1) is 25.4 Å². The highest BCUT2D eigenvalue weighted by molar-refractivity contribution is 4.72. The van der Waals surface area contributed by atoms with Crippen LogP contribution in [0.4, 0.5) is 0 Å². The molecule has 110 valence electrons. The van der Waals surface area contributed by atoms with E-state index in [1.165, 1.54) is 0 Å². The molecule has 0 spiro atoms. The van der Waals surface area contributed by atoms with Crippen LogP contribution in [0.1, 0.15) is 34.6 Å². The number of ether oxygens (including phenoxy) is 2. The lowest BCUT2D eigenvalue weighted by Crippen LogP contribution is -2.36. The van der Waals surface area contributed by atoms with E-state index in [2.05, 4.69) is 33.0 Å². The first kappa shape index (κ1) is 17.8. The predicted octanol–water partition coefficient (Wildman–Crippen LogP) is 1.67. The van der Waals surface area contributed by atoms with Gasteiger partial charge < -0.3 is 19.9 Å². The van der Waals surface area contributed by atoms with Crippen molar-refractivity contribution in [2.24, 2.45) is 11.3 Å². The van der Waals surface area contributed by atoms with Crippen molar-refractivity contribution in [1.29, 1.82) is 0 Å². The number of hydrogen-bond donors (Lipinski definition) is 2. The van der Waals surface area contributed by atoms with Gasteiger partial charge in [0.25, 0.3) is 0 Å². The fraction of sp³-hybridized carbons (Fsp3) is 1.00. The Morgan fingerprint density at radius 3 is 2.22 bits per heavy atom. The smallest absolute Gasteiger partial charge is 0.0897 e. The minimum absolute atomic E-state index is 0.0261. The molecule has 0 aliphatic rings. The standard InChI is InChI=1S/C14H31NO3/c1-11(14(3,4)5)7-15-8-13(16)10-18-12(2)9-17-6/h11-13,15-16H,7-10H2,1-6H3. The second-order valence-corrected chi connectivity index (χ2v) is 6.18. The van der Waals surface area contributed by atoms with E-state index in [1.807, 2.05) is 6.92 Å². The van der Waals surface area contributed by atoms with Gasteiger partial charge in [-0.2, -0.15) is 0 Å². The summed E-state index contributed by atoms with van der Waals surface area (Å²) in [5.41, 5.74) is 0.293. The summed E-state index contributed by atoms with van der Waals surface area (Å²) >= 11 is 0. The molecule has 4 heteroatoms. The van der Waals surface area contributed by atoms with Crippen LogP contribution in [0.3, 0.4) is 0 Å². The lowest BCUT2D eigenvalue weighted by molar-refractivity contribution is -0.0313. The number of methoxy groups -OCH3 is 1. The van der Waals surface area contributed by atoms with Crippen molar-refractivity contribution in [3.8, 4) is 0 Å². The van der Waals surface area contributed by atoms with E-state index in [9.17, 15) is 5.11 Å². The number of hydrogen-bond acceptors (Lipinski definition) is 4. The molecule has 0 fully saturated rings. The zero-order valence-electron chi connectivity index (χ0n) is 12.8. The Labute approximate surface area is 112 Å². The van der Waals surface area contributed by atoms with Crippen molar-refractivity contribution in [3.05, 3.63) is 0 Å². The van der Waals surface area contributed by atoms with Crippen LogP contribution in [0.25, 0.3) is 0 Å². The molecule has 18 heavy (non-hydrogen) atoms. The van der Waals surface area contributed by atoms with Gasteiger partial charge in [-0.1, -0.05) is 27.7 Å². The van der Waals surface area contributed by atoms with Gasteiger partial charge in [-0.3, -0.25) is 0 Å². The van der Waals surface area contributed by atoms with E-state index in [0.29, 0.717) is 31.1 Å². The van der Waals surface area contributed by atoms with E-state index >= 15 is 0 Å². The predicted molar refractivity (Wildman–Crippen MR) is 74.8 cm³/mol. The number of aliphatic hydroxyl groups excluding tert-OH is 1. The van der Waals surface area contributed by atoms with E-state index < -0.39 is 6.10 Å². The van der Waals surface area contributed by atoms with Gasteiger partial charge in [0.2, 0.25) is 0 Å². The minimum Gasteiger partial charge on any atom is -0.389 e. The Kier molecular flexibility index (Phi) is 8.78. The lowest BCUT2D eigenvalue weighted by atomic mass is 9.82. The van der Waals surface area contributed by atoms with Crippen molar-refractivity contribution < 1.29 is 14.6 Å². The first-order chi connectivity index (χ1) is 8.27. The summed E-state index contributed by atoms with van der Waals surface area (Å²) in [7, 11) is 1.64. The first-order valence-electron chi connectivity index (χ1n) is 6.76. The quantitative estimate of drug-likeness (QED) is 0.663. The van der Waals surface area contributed by atoms with Crippen LogP contribution in [0.5, 0.6) is 0 Å². The summed E-state index contributed by atoms with van der Waals surface area (Å²) in [6, 6.07) is 0. The summed E-state index contributed by atoms with van der Waals surface area (Å²) < 4.78 is 10.4.